The molecule has 0 radical (unpaired) electrons. The zero-order valence-electron chi connectivity index (χ0n) is 19.2. The second-order valence-electron chi connectivity index (χ2n) is 8.89. The van der Waals surface area contributed by atoms with E-state index in [1.165, 1.54) is 18.5 Å². The van der Waals surface area contributed by atoms with Crippen LogP contribution in [0.5, 0.6) is 5.75 Å². The Morgan fingerprint density at radius 2 is 1.56 bits per heavy atom. The van der Waals surface area contributed by atoms with Crippen LogP contribution in [0.15, 0.2) is 48.7 Å². The minimum atomic E-state index is 0.696. The fraction of sp³-hybridized carbons (Fsp3) is 0.346. The summed E-state index contributed by atoms with van der Waals surface area (Å²) in [5.74, 6) is 2.69. The summed E-state index contributed by atoms with van der Waals surface area (Å²) in [6, 6.07) is 14.1. The predicted octanol–water partition coefficient (Wildman–Crippen LogP) is 4.77. The maximum atomic E-state index is 6.31. The van der Waals surface area contributed by atoms with E-state index in [1.54, 1.807) is 7.11 Å². The third-order valence-electron chi connectivity index (χ3n) is 6.85. The molecule has 0 spiro atoms. The van der Waals surface area contributed by atoms with E-state index in [2.05, 4.69) is 31.8 Å². The van der Waals surface area contributed by atoms with E-state index in [-0.39, 0.29) is 0 Å². The molecule has 2 aliphatic heterocycles. The van der Waals surface area contributed by atoms with Crippen LogP contribution in [0.4, 0.5) is 17.5 Å². The summed E-state index contributed by atoms with van der Waals surface area (Å²) in [4.78, 5) is 21.4. The highest BCUT2D eigenvalue weighted by molar-refractivity contribution is 6.31. The normalized spacial score (nSPS) is 16.6. The number of fused-ring (bicyclic) bond motifs is 2. The summed E-state index contributed by atoms with van der Waals surface area (Å²) < 4.78 is 5.53. The lowest BCUT2D eigenvalue weighted by Gasteiger charge is -2.37. The molecule has 2 saturated heterocycles. The number of aromatic nitrogens is 3. The number of rotatable bonds is 4. The Balaban J connectivity index is 1.32. The average Bonchev–Trinajstić information content (AvgIpc) is 3.42. The monoisotopic (exact) mass is 474 g/mol. The molecule has 2 aromatic heterocycles. The predicted molar refractivity (Wildman–Crippen MR) is 139 cm³/mol. The second-order valence-corrected chi connectivity index (χ2v) is 9.32. The number of pyridine rings is 1. The number of ether oxygens (including phenoxy) is 1. The first-order valence-electron chi connectivity index (χ1n) is 11.8. The maximum Gasteiger partial charge on any atom is 0.227 e. The summed E-state index contributed by atoms with van der Waals surface area (Å²) >= 11 is 6.31. The number of benzene rings is 2. The largest absolute Gasteiger partial charge is 0.497 e. The number of anilines is 3. The van der Waals surface area contributed by atoms with Crippen LogP contribution >= 0.6 is 11.6 Å². The van der Waals surface area contributed by atoms with Crippen molar-refractivity contribution in [3.8, 4) is 5.75 Å². The minimum absolute atomic E-state index is 0.696. The van der Waals surface area contributed by atoms with Gasteiger partial charge < -0.3 is 19.4 Å². The van der Waals surface area contributed by atoms with Gasteiger partial charge in [0.1, 0.15) is 11.6 Å². The topological polar surface area (TPSA) is 57.6 Å². The van der Waals surface area contributed by atoms with Gasteiger partial charge in [-0.05, 0) is 55.3 Å². The smallest absolute Gasteiger partial charge is 0.227 e. The van der Waals surface area contributed by atoms with Crippen LogP contribution in [0, 0.1) is 0 Å². The van der Waals surface area contributed by atoms with Crippen molar-refractivity contribution in [1.82, 2.24) is 15.0 Å². The Bertz CT molecular complexity index is 1350. The van der Waals surface area contributed by atoms with Crippen LogP contribution in [0.2, 0.25) is 5.02 Å². The molecule has 6 rings (SSSR count). The van der Waals surface area contributed by atoms with Gasteiger partial charge in [-0.1, -0.05) is 11.6 Å². The Morgan fingerprint density at radius 3 is 2.35 bits per heavy atom. The molecule has 2 aromatic carbocycles. The van der Waals surface area contributed by atoms with E-state index in [4.69, 9.17) is 26.3 Å². The third kappa shape index (κ3) is 3.84. The van der Waals surface area contributed by atoms with Crippen LogP contribution in [0.3, 0.4) is 0 Å². The van der Waals surface area contributed by atoms with Crippen molar-refractivity contribution in [2.45, 2.75) is 12.8 Å². The third-order valence-corrected chi connectivity index (χ3v) is 7.09. The fourth-order valence-corrected chi connectivity index (χ4v) is 5.25. The van der Waals surface area contributed by atoms with Gasteiger partial charge in [0.15, 0.2) is 0 Å². The van der Waals surface area contributed by atoms with E-state index >= 15 is 0 Å². The Hall–Kier alpha value is -3.32. The fourth-order valence-electron chi connectivity index (χ4n) is 5.09. The van der Waals surface area contributed by atoms with Gasteiger partial charge >= 0.3 is 0 Å². The number of hydrogen-bond donors (Lipinski definition) is 0. The molecule has 34 heavy (non-hydrogen) atoms. The number of halogens is 1. The highest BCUT2D eigenvalue weighted by atomic mass is 35.5. The molecule has 0 saturated carbocycles. The van der Waals surface area contributed by atoms with Crippen LogP contribution in [0.25, 0.3) is 21.8 Å². The Kier molecular flexibility index (Phi) is 5.49. The molecule has 174 valence electrons. The molecule has 2 aliphatic rings. The van der Waals surface area contributed by atoms with Crippen molar-refractivity contribution in [1.29, 1.82) is 0 Å². The molecule has 8 heteroatoms. The molecule has 7 nitrogen and oxygen atoms in total. The van der Waals surface area contributed by atoms with Crippen molar-refractivity contribution < 1.29 is 4.74 Å². The van der Waals surface area contributed by atoms with Crippen LogP contribution in [-0.4, -0.2) is 61.3 Å². The van der Waals surface area contributed by atoms with E-state index in [9.17, 15) is 0 Å². The summed E-state index contributed by atoms with van der Waals surface area (Å²) in [6.07, 6.45) is 4.33. The van der Waals surface area contributed by atoms with Crippen molar-refractivity contribution in [3.63, 3.8) is 0 Å². The van der Waals surface area contributed by atoms with Gasteiger partial charge in [-0.3, -0.25) is 0 Å². The van der Waals surface area contributed by atoms with Crippen molar-refractivity contribution in [2.75, 3.05) is 61.1 Å². The van der Waals surface area contributed by atoms with Gasteiger partial charge in [-0.25, -0.2) is 9.97 Å². The van der Waals surface area contributed by atoms with E-state index in [0.29, 0.717) is 5.02 Å². The maximum absolute atomic E-state index is 6.31. The number of piperazine rings is 1. The number of nitrogens with zero attached hydrogens (tertiary/aromatic N) is 6. The summed E-state index contributed by atoms with van der Waals surface area (Å²) in [6.45, 7) is 5.65. The lowest BCUT2D eigenvalue weighted by molar-refractivity contribution is 0.415. The summed E-state index contributed by atoms with van der Waals surface area (Å²) in [7, 11) is 1.70. The van der Waals surface area contributed by atoms with Gasteiger partial charge in [-0.2, -0.15) is 4.98 Å². The molecule has 0 aliphatic carbocycles. The molecular weight excluding hydrogens is 448 g/mol. The minimum Gasteiger partial charge on any atom is -0.497 e. The molecule has 4 aromatic rings. The lowest BCUT2D eigenvalue weighted by atomic mass is 10.1. The van der Waals surface area contributed by atoms with Gasteiger partial charge in [0, 0.05) is 61.3 Å². The van der Waals surface area contributed by atoms with Gasteiger partial charge in [0.2, 0.25) is 5.95 Å². The van der Waals surface area contributed by atoms with Crippen molar-refractivity contribution >= 4 is 50.9 Å². The van der Waals surface area contributed by atoms with Crippen LogP contribution in [-0.2, 0) is 0 Å². The molecule has 0 amide bonds. The molecule has 0 atom stereocenters. The van der Waals surface area contributed by atoms with Crippen LogP contribution < -0.4 is 19.4 Å². The Labute approximate surface area is 203 Å². The lowest BCUT2D eigenvalue weighted by Crippen LogP contribution is -2.47. The molecule has 2 fully saturated rings. The zero-order chi connectivity index (χ0) is 23.1. The highest BCUT2D eigenvalue weighted by Crippen LogP contribution is 2.37. The first-order chi connectivity index (χ1) is 16.7. The van der Waals surface area contributed by atoms with Gasteiger partial charge in [0.25, 0.3) is 0 Å². The van der Waals surface area contributed by atoms with Gasteiger partial charge in [0.05, 0.1) is 23.8 Å². The molecule has 4 heterocycles. The van der Waals surface area contributed by atoms with E-state index < -0.39 is 0 Å². The summed E-state index contributed by atoms with van der Waals surface area (Å²) in [5.41, 5.74) is 3.04. The van der Waals surface area contributed by atoms with Crippen LogP contribution in [0.1, 0.15) is 12.8 Å². The quantitative estimate of drug-likeness (QED) is 0.395. The van der Waals surface area contributed by atoms with Crippen molar-refractivity contribution in [3.05, 3.63) is 53.7 Å². The number of methoxy groups -OCH3 is 1. The molecule has 0 N–H and O–H groups in total. The van der Waals surface area contributed by atoms with Gasteiger partial charge in [-0.15, -0.1) is 0 Å². The first kappa shape index (κ1) is 21.2. The summed E-state index contributed by atoms with van der Waals surface area (Å²) in [5, 5.41) is 2.90. The van der Waals surface area contributed by atoms with E-state index in [0.717, 1.165) is 78.6 Å². The number of hydrogen-bond acceptors (Lipinski definition) is 7. The zero-order valence-corrected chi connectivity index (χ0v) is 20.0. The second kappa shape index (κ2) is 8.80. The standard InChI is InChI=1S/C26H27ClN6O/c1-34-19-5-7-22-21(17-19)25(20-6-4-18(27)16-23(20)29-22)32-14-12-31(13-15-32)24-8-9-28-26(30-24)33-10-2-3-11-33/h4-9,16-17H,2-3,10-15H2,1H3. The highest BCUT2D eigenvalue weighted by Gasteiger charge is 2.24. The first-order valence-corrected chi connectivity index (χ1v) is 12.2. The van der Waals surface area contributed by atoms with E-state index in [1.807, 2.05) is 36.5 Å². The molecular formula is C26H27ClN6O. The molecule has 0 bridgehead atoms. The average molecular weight is 475 g/mol. The molecule has 0 unspecified atom stereocenters. The SMILES string of the molecule is COc1ccc2nc3cc(Cl)ccc3c(N3CCN(c4ccnc(N5CCCC5)n4)CC3)c2c1. The van der Waals surface area contributed by atoms with Crippen molar-refractivity contribution in [2.24, 2.45) is 0 Å². The Morgan fingerprint density at radius 1 is 0.765 bits per heavy atom.